The fourth-order valence-electron chi connectivity index (χ4n) is 4.32. The van der Waals surface area contributed by atoms with E-state index in [-0.39, 0.29) is 11.3 Å². The highest BCUT2D eigenvalue weighted by molar-refractivity contribution is 6.00. The van der Waals surface area contributed by atoms with Crippen molar-refractivity contribution in [3.05, 3.63) is 64.0 Å². The number of ketones is 1. The van der Waals surface area contributed by atoms with Crippen molar-refractivity contribution in [2.24, 2.45) is 5.41 Å². The molecule has 0 spiro atoms. The number of rotatable bonds is 1. The number of aromatic nitrogens is 2. The number of aromatic amines is 1. The van der Waals surface area contributed by atoms with Crippen LogP contribution in [0.3, 0.4) is 0 Å². The molecule has 1 atom stereocenters. The lowest BCUT2D eigenvalue weighted by atomic mass is 9.65. The normalized spacial score (nSPS) is 22.7. The van der Waals surface area contributed by atoms with Crippen molar-refractivity contribution in [1.29, 1.82) is 0 Å². The zero-order valence-corrected chi connectivity index (χ0v) is 13.9. The van der Waals surface area contributed by atoms with E-state index in [4.69, 9.17) is 0 Å². The van der Waals surface area contributed by atoms with Crippen molar-refractivity contribution in [1.82, 2.24) is 10.2 Å². The summed E-state index contributed by atoms with van der Waals surface area (Å²) in [5.41, 5.74) is 6.98. The van der Waals surface area contributed by atoms with Crippen molar-refractivity contribution >= 4 is 5.78 Å². The van der Waals surface area contributed by atoms with Gasteiger partial charge in [-0.3, -0.25) is 9.89 Å². The zero-order valence-electron chi connectivity index (χ0n) is 13.9. The summed E-state index contributed by atoms with van der Waals surface area (Å²) < 4.78 is 0. The quantitative estimate of drug-likeness (QED) is 0.862. The average Bonchev–Trinajstić information content (AvgIpc) is 2.86. The Morgan fingerprint density at radius 1 is 1.17 bits per heavy atom. The number of carbonyl (C=O) groups excluding carboxylic acids is 1. The van der Waals surface area contributed by atoms with Crippen molar-refractivity contribution in [2.75, 3.05) is 0 Å². The smallest absolute Gasteiger partial charge is 0.160 e. The lowest BCUT2D eigenvalue weighted by molar-refractivity contribution is -0.118. The highest BCUT2D eigenvalue weighted by atomic mass is 16.1. The van der Waals surface area contributed by atoms with Crippen molar-refractivity contribution < 1.29 is 4.79 Å². The molecule has 3 heteroatoms. The molecule has 0 amide bonds. The summed E-state index contributed by atoms with van der Waals surface area (Å²) in [6, 6.07) is 10.4. The largest absolute Gasteiger partial charge is 0.294 e. The van der Waals surface area contributed by atoms with Crippen LogP contribution in [-0.2, 0) is 11.2 Å². The van der Waals surface area contributed by atoms with E-state index < -0.39 is 0 Å². The lowest BCUT2D eigenvalue weighted by Gasteiger charge is -2.38. The van der Waals surface area contributed by atoms with Crippen LogP contribution in [0.5, 0.6) is 0 Å². The first-order chi connectivity index (χ1) is 11.0. The standard InChI is InChI=1S/C20H22N2O/c1-12-17-15(22-21-12)9-14-10-20(2,3)11-16(23)18(14)19(17)13-7-5-4-6-8-13/h4-8,19H,9-11H2,1-3H3,(H,21,22)/t19-/m1/s1. The SMILES string of the molecule is Cc1[nH]nc2c1[C@@H](c1ccccc1)C1=C(C2)CC(C)(C)CC1=O. The molecule has 1 aromatic carbocycles. The molecule has 1 aromatic heterocycles. The highest BCUT2D eigenvalue weighted by Gasteiger charge is 2.41. The highest BCUT2D eigenvalue weighted by Crippen LogP contribution is 2.49. The maximum absolute atomic E-state index is 13.0. The molecule has 0 aliphatic heterocycles. The Hall–Kier alpha value is -2.16. The summed E-state index contributed by atoms with van der Waals surface area (Å²) >= 11 is 0. The Labute approximate surface area is 136 Å². The molecule has 0 saturated heterocycles. The molecule has 0 fully saturated rings. The summed E-state index contributed by atoms with van der Waals surface area (Å²) in [5, 5.41) is 7.66. The fourth-order valence-corrected chi connectivity index (χ4v) is 4.32. The summed E-state index contributed by atoms with van der Waals surface area (Å²) in [7, 11) is 0. The van der Waals surface area contributed by atoms with Crippen molar-refractivity contribution in [3.63, 3.8) is 0 Å². The molecular formula is C20H22N2O. The van der Waals surface area contributed by atoms with Gasteiger partial charge in [0.2, 0.25) is 0 Å². The average molecular weight is 306 g/mol. The van der Waals surface area contributed by atoms with Gasteiger partial charge < -0.3 is 0 Å². The van der Waals surface area contributed by atoms with E-state index in [0.717, 1.165) is 29.8 Å². The topological polar surface area (TPSA) is 45.8 Å². The molecule has 0 radical (unpaired) electrons. The second-order valence-corrected chi connectivity index (χ2v) is 7.69. The lowest BCUT2D eigenvalue weighted by Crippen LogP contribution is -2.32. The van der Waals surface area contributed by atoms with Crippen LogP contribution in [0.4, 0.5) is 0 Å². The van der Waals surface area contributed by atoms with Crippen LogP contribution >= 0.6 is 0 Å². The van der Waals surface area contributed by atoms with Crippen LogP contribution in [0.25, 0.3) is 0 Å². The van der Waals surface area contributed by atoms with E-state index in [2.05, 4.69) is 55.2 Å². The molecule has 1 N–H and O–H groups in total. The molecule has 3 nitrogen and oxygen atoms in total. The number of aryl methyl sites for hydroxylation is 1. The Morgan fingerprint density at radius 2 is 1.91 bits per heavy atom. The number of nitrogens with one attached hydrogen (secondary N) is 1. The van der Waals surface area contributed by atoms with Crippen molar-refractivity contribution in [3.8, 4) is 0 Å². The van der Waals surface area contributed by atoms with Gasteiger partial charge in [0.25, 0.3) is 0 Å². The fraction of sp³-hybridized carbons (Fsp3) is 0.400. The van der Waals surface area contributed by atoms with E-state index in [1.807, 2.05) is 6.07 Å². The van der Waals surface area contributed by atoms with Gasteiger partial charge in [0.05, 0.1) is 5.69 Å². The Bertz CT molecular complexity index is 811. The van der Waals surface area contributed by atoms with Crippen LogP contribution < -0.4 is 0 Å². The van der Waals surface area contributed by atoms with Gasteiger partial charge >= 0.3 is 0 Å². The number of Topliss-reactive ketones (excluding diaryl/α,β-unsaturated/α-hetero) is 1. The second-order valence-electron chi connectivity index (χ2n) is 7.69. The molecule has 118 valence electrons. The van der Waals surface area contributed by atoms with E-state index in [0.29, 0.717) is 12.2 Å². The minimum Gasteiger partial charge on any atom is -0.294 e. The third-order valence-electron chi connectivity index (χ3n) is 5.18. The van der Waals surface area contributed by atoms with Gasteiger partial charge in [-0.2, -0.15) is 5.10 Å². The molecule has 0 saturated carbocycles. The molecule has 0 bridgehead atoms. The maximum Gasteiger partial charge on any atom is 0.160 e. The molecule has 4 rings (SSSR count). The molecule has 0 unspecified atom stereocenters. The van der Waals surface area contributed by atoms with Crippen LogP contribution in [0, 0.1) is 12.3 Å². The Balaban J connectivity index is 1.94. The summed E-state index contributed by atoms with van der Waals surface area (Å²) in [5.74, 6) is 0.355. The van der Waals surface area contributed by atoms with Crippen LogP contribution in [0.1, 0.15) is 55.1 Å². The van der Waals surface area contributed by atoms with Gasteiger partial charge in [-0.15, -0.1) is 0 Å². The van der Waals surface area contributed by atoms with Crippen molar-refractivity contribution in [2.45, 2.75) is 46.0 Å². The second kappa shape index (κ2) is 4.92. The zero-order chi connectivity index (χ0) is 16.2. The predicted octanol–water partition coefficient (Wildman–Crippen LogP) is 4.09. The minimum atomic E-state index is 0.0392. The van der Waals surface area contributed by atoms with Gasteiger partial charge in [0.1, 0.15) is 0 Å². The summed E-state index contributed by atoms with van der Waals surface area (Å²) in [4.78, 5) is 13.0. The predicted molar refractivity (Wildman–Crippen MR) is 90.4 cm³/mol. The number of allylic oxidation sites excluding steroid dienone is 2. The van der Waals surface area contributed by atoms with Crippen LogP contribution in [0.15, 0.2) is 41.5 Å². The van der Waals surface area contributed by atoms with E-state index in [1.165, 1.54) is 16.7 Å². The molecule has 23 heavy (non-hydrogen) atoms. The van der Waals surface area contributed by atoms with E-state index in [1.54, 1.807) is 0 Å². The molecule has 1 heterocycles. The minimum absolute atomic E-state index is 0.0392. The first-order valence-electron chi connectivity index (χ1n) is 8.30. The summed E-state index contributed by atoms with van der Waals surface area (Å²) in [6.07, 6.45) is 2.44. The molecular weight excluding hydrogens is 284 g/mol. The number of H-pyrrole nitrogens is 1. The number of benzene rings is 1. The third-order valence-corrected chi connectivity index (χ3v) is 5.18. The van der Waals surface area contributed by atoms with Gasteiger partial charge in [0.15, 0.2) is 5.78 Å². The number of nitrogens with zero attached hydrogens (tertiary/aromatic N) is 1. The Kier molecular flexibility index (Phi) is 3.09. The maximum atomic E-state index is 13.0. The van der Waals surface area contributed by atoms with E-state index in [9.17, 15) is 4.79 Å². The molecule has 2 aliphatic carbocycles. The van der Waals surface area contributed by atoms with E-state index >= 15 is 0 Å². The van der Waals surface area contributed by atoms with Crippen LogP contribution in [-0.4, -0.2) is 16.0 Å². The third kappa shape index (κ3) is 2.26. The number of hydrogen-bond donors (Lipinski definition) is 1. The first kappa shape index (κ1) is 14.4. The van der Waals surface area contributed by atoms with Gasteiger partial charge in [0, 0.05) is 35.6 Å². The van der Waals surface area contributed by atoms with Gasteiger partial charge in [-0.05, 0) is 24.3 Å². The monoisotopic (exact) mass is 306 g/mol. The first-order valence-corrected chi connectivity index (χ1v) is 8.30. The number of carbonyl (C=O) groups is 1. The Morgan fingerprint density at radius 3 is 2.65 bits per heavy atom. The van der Waals surface area contributed by atoms with Gasteiger partial charge in [-0.1, -0.05) is 49.8 Å². The molecule has 2 aromatic rings. The number of hydrogen-bond acceptors (Lipinski definition) is 2. The van der Waals surface area contributed by atoms with Gasteiger partial charge in [-0.25, -0.2) is 0 Å². The summed E-state index contributed by atoms with van der Waals surface area (Å²) in [6.45, 7) is 6.44. The van der Waals surface area contributed by atoms with Crippen LogP contribution in [0.2, 0.25) is 0 Å². The number of fused-ring (bicyclic) bond motifs is 1. The molecule has 2 aliphatic rings.